The number of aryl methyl sites for hydroxylation is 1. The monoisotopic (exact) mass is 245 g/mol. The lowest BCUT2D eigenvalue weighted by Crippen LogP contribution is -2.04. The first kappa shape index (κ1) is 11.5. The van der Waals surface area contributed by atoms with Gasteiger partial charge in [-0.2, -0.15) is 5.26 Å². The summed E-state index contributed by atoms with van der Waals surface area (Å²) in [5, 5.41) is 14.8. The highest BCUT2D eigenvalue weighted by atomic mass is 32.1. The van der Waals surface area contributed by atoms with Gasteiger partial charge < -0.3 is 5.32 Å². The molecule has 0 spiro atoms. The van der Waals surface area contributed by atoms with Gasteiger partial charge in [-0.05, 0) is 13.0 Å². The normalized spacial score (nSPS) is 11.8. The zero-order valence-corrected chi connectivity index (χ0v) is 10.3. The molecule has 0 bridgehead atoms. The summed E-state index contributed by atoms with van der Waals surface area (Å²) in [6.45, 7) is 1.91. The third kappa shape index (κ3) is 2.40. The van der Waals surface area contributed by atoms with Gasteiger partial charge in [0.2, 0.25) is 5.95 Å². The van der Waals surface area contributed by atoms with Gasteiger partial charge in [-0.1, -0.05) is 0 Å². The molecule has 0 aromatic carbocycles. The molecule has 6 heteroatoms. The number of hydrogen-bond acceptors (Lipinski definition) is 6. The number of nitrogens with zero attached hydrogens (tertiary/aromatic N) is 4. The number of thiazole rings is 1. The van der Waals surface area contributed by atoms with E-state index in [0.717, 1.165) is 10.7 Å². The van der Waals surface area contributed by atoms with Crippen LogP contribution in [0.3, 0.4) is 0 Å². The van der Waals surface area contributed by atoms with E-state index in [1.165, 1.54) is 11.3 Å². The molecule has 2 heterocycles. The van der Waals surface area contributed by atoms with Crippen LogP contribution in [0.25, 0.3) is 0 Å². The van der Waals surface area contributed by atoms with E-state index in [1.807, 2.05) is 12.3 Å². The first-order chi connectivity index (χ1) is 8.24. The maximum atomic E-state index is 9.24. The van der Waals surface area contributed by atoms with Crippen LogP contribution in [0.1, 0.15) is 22.3 Å². The smallest absolute Gasteiger partial charge is 0.222 e. The number of aromatic nitrogens is 3. The number of hydrogen-bond donors (Lipinski definition) is 1. The zero-order chi connectivity index (χ0) is 12.3. The fraction of sp³-hybridized carbons (Fsp3) is 0.273. The van der Waals surface area contributed by atoms with Crippen LogP contribution >= 0.6 is 11.3 Å². The van der Waals surface area contributed by atoms with Gasteiger partial charge in [0.25, 0.3) is 0 Å². The molecule has 0 aliphatic heterocycles. The van der Waals surface area contributed by atoms with E-state index in [9.17, 15) is 5.26 Å². The molecular formula is C11H11N5S. The second-order valence-corrected chi connectivity index (χ2v) is 4.33. The fourth-order valence-electron chi connectivity index (χ4n) is 1.41. The van der Waals surface area contributed by atoms with Gasteiger partial charge in [0.1, 0.15) is 10.9 Å². The fourth-order valence-corrected chi connectivity index (χ4v) is 2.26. The highest BCUT2D eigenvalue weighted by Crippen LogP contribution is 2.25. The van der Waals surface area contributed by atoms with Crippen LogP contribution in [0.4, 0.5) is 5.95 Å². The molecule has 17 heavy (non-hydrogen) atoms. The van der Waals surface area contributed by atoms with Crippen molar-refractivity contribution in [3.63, 3.8) is 0 Å². The van der Waals surface area contributed by atoms with Gasteiger partial charge in [-0.3, -0.25) is 0 Å². The predicted molar refractivity (Wildman–Crippen MR) is 65.9 cm³/mol. The first-order valence-corrected chi connectivity index (χ1v) is 5.95. The van der Waals surface area contributed by atoms with E-state index in [-0.39, 0.29) is 0 Å². The average Bonchev–Trinajstić information content (AvgIpc) is 2.77. The summed E-state index contributed by atoms with van der Waals surface area (Å²) in [6.07, 6.45) is 1.64. The summed E-state index contributed by atoms with van der Waals surface area (Å²) in [6, 6.07) is 3.97. The summed E-state index contributed by atoms with van der Waals surface area (Å²) < 4.78 is 0. The number of nitrogens with one attached hydrogen (secondary N) is 1. The Morgan fingerprint density at radius 2 is 2.29 bits per heavy atom. The topological polar surface area (TPSA) is 74.5 Å². The quantitative estimate of drug-likeness (QED) is 0.894. The van der Waals surface area contributed by atoms with Crippen molar-refractivity contribution >= 4 is 17.3 Å². The standard InChI is InChI=1S/C11H11N5S/c1-7-6-17-10(15-7)8(5-12)9-3-4-14-11(13-2)16-9/h3-4,6,8H,1-2H3,(H,13,14,16). The maximum Gasteiger partial charge on any atom is 0.222 e. The van der Waals surface area contributed by atoms with Crippen molar-refractivity contribution in [2.24, 2.45) is 0 Å². The highest BCUT2D eigenvalue weighted by molar-refractivity contribution is 7.09. The van der Waals surface area contributed by atoms with Crippen LogP contribution in [-0.4, -0.2) is 22.0 Å². The van der Waals surface area contributed by atoms with Gasteiger partial charge in [0.05, 0.1) is 11.8 Å². The summed E-state index contributed by atoms with van der Waals surface area (Å²) >= 11 is 1.48. The Kier molecular flexibility index (Phi) is 3.30. The SMILES string of the molecule is CNc1nccc(C(C#N)c2nc(C)cs2)n1. The zero-order valence-electron chi connectivity index (χ0n) is 9.51. The van der Waals surface area contributed by atoms with Crippen LogP contribution in [0.5, 0.6) is 0 Å². The molecule has 1 N–H and O–H groups in total. The third-order valence-corrected chi connectivity index (χ3v) is 3.24. The number of rotatable bonds is 3. The molecule has 86 valence electrons. The van der Waals surface area contributed by atoms with Crippen molar-refractivity contribution in [3.05, 3.63) is 34.0 Å². The third-order valence-electron chi connectivity index (χ3n) is 2.21. The largest absolute Gasteiger partial charge is 0.357 e. The van der Waals surface area contributed by atoms with Crippen LogP contribution < -0.4 is 5.32 Å². The van der Waals surface area contributed by atoms with Gasteiger partial charge in [-0.15, -0.1) is 11.3 Å². The Hall–Kier alpha value is -2.00. The van der Waals surface area contributed by atoms with Crippen LogP contribution in [0.2, 0.25) is 0 Å². The molecule has 1 unspecified atom stereocenters. The van der Waals surface area contributed by atoms with Crippen molar-refractivity contribution in [2.45, 2.75) is 12.8 Å². The van der Waals surface area contributed by atoms with Crippen molar-refractivity contribution in [3.8, 4) is 6.07 Å². The molecule has 2 aromatic heterocycles. The molecule has 0 aliphatic rings. The maximum absolute atomic E-state index is 9.24. The van der Waals surface area contributed by atoms with E-state index < -0.39 is 5.92 Å². The Labute approximate surface area is 103 Å². The molecule has 0 fully saturated rings. The minimum absolute atomic E-state index is 0.427. The van der Waals surface area contributed by atoms with Crippen molar-refractivity contribution < 1.29 is 0 Å². The number of nitriles is 1. The second kappa shape index (κ2) is 4.89. The van der Waals surface area contributed by atoms with Crippen LogP contribution in [0, 0.1) is 18.3 Å². The van der Waals surface area contributed by atoms with Crippen molar-refractivity contribution in [1.29, 1.82) is 5.26 Å². The minimum Gasteiger partial charge on any atom is -0.357 e. The lowest BCUT2D eigenvalue weighted by molar-refractivity contribution is 0.926. The summed E-state index contributed by atoms with van der Waals surface area (Å²) in [5.74, 6) is 0.0832. The Balaban J connectivity index is 2.39. The second-order valence-electron chi connectivity index (χ2n) is 3.44. The van der Waals surface area contributed by atoms with Gasteiger partial charge in [-0.25, -0.2) is 15.0 Å². The van der Waals surface area contributed by atoms with Gasteiger partial charge in [0.15, 0.2) is 0 Å². The molecule has 5 nitrogen and oxygen atoms in total. The highest BCUT2D eigenvalue weighted by Gasteiger charge is 2.18. The van der Waals surface area contributed by atoms with E-state index in [0.29, 0.717) is 11.6 Å². The van der Waals surface area contributed by atoms with E-state index in [4.69, 9.17) is 0 Å². The van der Waals surface area contributed by atoms with E-state index in [1.54, 1.807) is 19.3 Å². The summed E-state index contributed by atoms with van der Waals surface area (Å²) in [4.78, 5) is 12.6. The minimum atomic E-state index is -0.427. The van der Waals surface area contributed by atoms with Crippen LogP contribution in [-0.2, 0) is 0 Å². The molecule has 0 amide bonds. The molecule has 0 saturated carbocycles. The first-order valence-electron chi connectivity index (χ1n) is 5.07. The number of anilines is 1. The Morgan fingerprint density at radius 3 is 2.88 bits per heavy atom. The van der Waals surface area contributed by atoms with E-state index >= 15 is 0 Å². The molecule has 2 rings (SSSR count). The summed E-state index contributed by atoms with van der Waals surface area (Å²) in [7, 11) is 1.74. The van der Waals surface area contributed by atoms with E-state index in [2.05, 4.69) is 26.3 Å². The average molecular weight is 245 g/mol. The molecular weight excluding hydrogens is 234 g/mol. The lowest BCUT2D eigenvalue weighted by atomic mass is 10.1. The molecule has 2 aromatic rings. The Morgan fingerprint density at radius 1 is 1.47 bits per heavy atom. The Bertz CT molecular complexity index is 557. The lowest BCUT2D eigenvalue weighted by Gasteiger charge is -2.06. The van der Waals surface area contributed by atoms with Gasteiger partial charge in [0, 0.05) is 24.3 Å². The van der Waals surface area contributed by atoms with Crippen molar-refractivity contribution in [2.75, 3.05) is 12.4 Å². The van der Waals surface area contributed by atoms with Crippen molar-refractivity contribution in [1.82, 2.24) is 15.0 Å². The molecule has 0 aliphatic carbocycles. The predicted octanol–water partition coefficient (Wildman–Crippen LogP) is 1.94. The molecule has 0 radical (unpaired) electrons. The van der Waals surface area contributed by atoms with Crippen LogP contribution in [0.15, 0.2) is 17.6 Å². The summed E-state index contributed by atoms with van der Waals surface area (Å²) in [5.41, 5.74) is 1.59. The molecule has 1 atom stereocenters. The van der Waals surface area contributed by atoms with Gasteiger partial charge >= 0.3 is 0 Å². The molecule has 0 saturated heterocycles.